The molecule has 7 heteroatoms. The van der Waals surface area contributed by atoms with Gasteiger partial charge in [-0.2, -0.15) is 0 Å². The number of likely N-dealkylation sites (tertiary alicyclic amines) is 1. The number of ether oxygens (including phenoxy) is 3. The molecule has 2 aliphatic heterocycles. The highest BCUT2D eigenvalue weighted by molar-refractivity contribution is 5.90. The van der Waals surface area contributed by atoms with E-state index in [1.165, 1.54) is 0 Å². The fourth-order valence-corrected chi connectivity index (χ4v) is 5.02. The molecule has 5 unspecified atom stereocenters. The molecule has 3 aliphatic rings. The third-order valence-corrected chi connectivity index (χ3v) is 7.20. The van der Waals surface area contributed by atoms with Gasteiger partial charge in [-0.1, -0.05) is 44.2 Å². The Morgan fingerprint density at radius 3 is 2.73 bits per heavy atom. The van der Waals surface area contributed by atoms with Gasteiger partial charge in [0, 0.05) is 31.6 Å². The van der Waals surface area contributed by atoms with Crippen molar-refractivity contribution >= 4 is 17.8 Å². The van der Waals surface area contributed by atoms with Gasteiger partial charge in [0.25, 0.3) is 0 Å². The minimum Gasteiger partial charge on any atom is -0.448 e. The summed E-state index contributed by atoms with van der Waals surface area (Å²) in [5.74, 6) is -0.550. The lowest BCUT2D eigenvalue weighted by Gasteiger charge is -2.28. The fourth-order valence-electron chi connectivity index (χ4n) is 5.02. The predicted octanol–water partition coefficient (Wildman–Crippen LogP) is 4.05. The number of rotatable bonds is 9. The number of ketones is 1. The number of amides is 1. The minimum absolute atomic E-state index is 0.000732. The molecule has 1 saturated carbocycles. The molecule has 0 bridgehead atoms. The van der Waals surface area contributed by atoms with Gasteiger partial charge in [0.05, 0.1) is 6.04 Å². The molecule has 2 fully saturated rings. The molecule has 0 aromatic heterocycles. The number of carbonyl (C=O) groups excluding carboxylic acids is 3. The summed E-state index contributed by atoms with van der Waals surface area (Å²) < 4.78 is 16.8. The zero-order chi connectivity index (χ0) is 23.6. The number of carbonyl (C=O) groups is 3. The molecule has 33 heavy (non-hydrogen) atoms. The first kappa shape index (κ1) is 23.5. The van der Waals surface area contributed by atoms with Crippen LogP contribution in [0.1, 0.15) is 52.0 Å². The topological polar surface area (TPSA) is 82.1 Å². The molecule has 2 heterocycles. The third kappa shape index (κ3) is 4.83. The standard InChI is InChI=1S/C26H33NO6/c1-4-31-22-15-26(22)20(14-23(28)33-26)13-17(2)18(3)24(29)21-11-8-12-27(21)25(30)32-16-19-9-6-5-7-10-19/h5-7,9-10,14,17-18,21-22H,4,8,11-13,15-16H2,1-3H3. The number of benzene rings is 1. The van der Waals surface area contributed by atoms with Gasteiger partial charge >= 0.3 is 12.1 Å². The lowest BCUT2D eigenvalue weighted by Crippen LogP contribution is -2.44. The van der Waals surface area contributed by atoms with Crippen LogP contribution in [0.2, 0.25) is 0 Å². The van der Waals surface area contributed by atoms with Gasteiger partial charge in [0.15, 0.2) is 11.4 Å². The average molecular weight is 456 g/mol. The first-order valence-electron chi connectivity index (χ1n) is 11.9. The summed E-state index contributed by atoms with van der Waals surface area (Å²) in [6.07, 6.45) is 3.73. The largest absolute Gasteiger partial charge is 0.448 e. The third-order valence-electron chi connectivity index (χ3n) is 7.20. The van der Waals surface area contributed by atoms with Crippen molar-refractivity contribution in [1.82, 2.24) is 4.90 Å². The van der Waals surface area contributed by atoms with E-state index >= 15 is 0 Å². The van der Waals surface area contributed by atoms with E-state index in [-0.39, 0.29) is 36.3 Å². The van der Waals surface area contributed by atoms with Crippen molar-refractivity contribution in [2.45, 2.75) is 70.8 Å². The molecule has 5 atom stereocenters. The lowest BCUT2D eigenvalue weighted by atomic mass is 9.82. The van der Waals surface area contributed by atoms with E-state index in [9.17, 15) is 14.4 Å². The summed E-state index contributed by atoms with van der Waals surface area (Å²) in [6.45, 7) is 7.14. The quantitative estimate of drug-likeness (QED) is 0.523. The zero-order valence-corrected chi connectivity index (χ0v) is 19.6. The molecule has 1 aromatic carbocycles. The first-order valence-corrected chi connectivity index (χ1v) is 11.9. The molecule has 1 aliphatic carbocycles. The molecule has 0 N–H and O–H groups in total. The minimum atomic E-state index is -0.634. The second-order valence-corrected chi connectivity index (χ2v) is 9.39. The Hall–Kier alpha value is -2.67. The van der Waals surface area contributed by atoms with E-state index in [2.05, 4.69) is 0 Å². The maximum atomic E-state index is 13.4. The summed E-state index contributed by atoms with van der Waals surface area (Å²) in [5, 5.41) is 0. The maximum Gasteiger partial charge on any atom is 0.410 e. The van der Waals surface area contributed by atoms with Crippen molar-refractivity contribution in [2.75, 3.05) is 13.2 Å². The van der Waals surface area contributed by atoms with E-state index in [4.69, 9.17) is 14.2 Å². The first-order chi connectivity index (χ1) is 15.9. The highest BCUT2D eigenvalue weighted by Crippen LogP contribution is 2.53. The van der Waals surface area contributed by atoms with Crippen molar-refractivity contribution in [2.24, 2.45) is 11.8 Å². The molecule has 1 spiro atoms. The number of hydrogen-bond acceptors (Lipinski definition) is 6. The molecule has 1 amide bonds. The van der Waals surface area contributed by atoms with Crippen LogP contribution in [0.25, 0.3) is 0 Å². The van der Waals surface area contributed by atoms with Gasteiger partial charge in [0.2, 0.25) is 0 Å². The monoisotopic (exact) mass is 455 g/mol. The lowest BCUT2D eigenvalue weighted by molar-refractivity contribution is -0.142. The summed E-state index contributed by atoms with van der Waals surface area (Å²) in [4.78, 5) is 39.6. The molecule has 1 aromatic rings. The van der Waals surface area contributed by atoms with Crippen LogP contribution in [0, 0.1) is 11.8 Å². The Morgan fingerprint density at radius 2 is 2.00 bits per heavy atom. The normalized spacial score (nSPS) is 27.8. The highest BCUT2D eigenvalue weighted by atomic mass is 16.6. The molecule has 4 rings (SSSR count). The molecule has 0 radical (unpaired) electrons. The van der Waals surface area contributed by atoms with E-state index in [1.807, 2.05) is 51.1 Å². The van der Waals surface area contributed by atoms with Gasteiger partial charge in [-0.05, 0) is 43.2 Å². The van der Waals surface area contributed by atoms with Crippen molar-refractivity contribution in [3.8, 4) is 0 Å². The van der Waals surface area contributed by atoms with Crippen LogP contribution in [0.3, 0.4) is 0 Å². The average Bonchev–Trinajstić information content (AvgIpc) is 3.14. The number of Topliss-reactive ketones (excluding diaryl/α,β-unsaturated/α-hetero) is 1. The van der Waals surface area contributed by atoms with E-state index in [0.29, 0.717) is 32.4 Å². The Balaban J connectivity index is 1.35. The van der Waals surface area contributed by atoms with Crippen molar-refractivity contribution < 1.29 is 28.6 Å². The Kier molecular flexibility index (Phi) is 6.88. The van der Waals surface area contributed by atoms with Crippen molar-refractivity contribution in [1.29, 1.82) is 0 Å². The van der Waals surface area contributed by atoms with Gasteiger partial charge < -0.3 is 14.2 Å². The summed E-state index contributed by atoms with van der Waals surface area (Å²) in [6, 6.07) is 9.04. The number of hydrogen-bond donors (Lipinski definition) is 0. The Bertz CT molecular complexity index is 928. The second-order valence-electron chi connectivity index (χ2n) is 9.39. The fraction of sp³-hybridized carbons (Fsp3) is 0.577. The van der Waals surface area contributed by atoms with E-state index < -0.39 is 17.7 Å². The van der Waals surface area contributed by atoms with Crippen LogP contribution >= 0.6 is 0 Å². The van der Waals surface area contributed by atoms with Gasteiger partial charge in [0.1, 0.15) is 12.7 Å². The van der Waals surface area contributed by atoms with E-state index in [1.54, 1.807) is 11.0 Å². The number of nitrogens with zero attached hydrogens (tertiary/aromatic N) is 1. The maximum absolute atomic E-state index is 13.4. The Labute approximate surface area is 195 Å². The molecular weight excluding hydrogens is 422 g/mol. The second kappa shape index (κ2) is 9.67. The molecule has 1 saturated heterocycles. The van der Waals surface area contributed by atoms with Gasteiger partial charge in [-0.15, -0.1) is 0 Å². The predicted molar refractivity (Wildman–Crippen MR) is 121 cm³/mol. The molecule has 178 valence electrons. The summed E-state index contributed by atoms with van der Waals surface area (Å²) in [7, 11) is 0. The van der Waals surface area contributed by atoms with Gasteiger partial charge in [-0.25, -0.2) is 9.59 Å². The van der Waals surface area contributed by atoms with Crippen LogP contribution in [0.5, 0.6) is 0 Å². The smallest absolute Gasteiger partial charge is 0.410 e. The van der Waals surface area contributed by atoms with E-state index in [0.717, 1.165) is 17.6 Å². The van der Waals surface area contributed by atoms with Crippen molar-refractivity contribution in [3.05, 3.63) is 47.5 Å². The van der Waals surface area contributed by atoms with Crippen LogP contribution in [-0.2, 0) is 30.4 Å². The SMILES string of the molecule is CCOC1CC12OC(=O)C=C2CC(C)C(C)C(=O)C1CCCN1C(=O)OCc1ccccc1. The van der Waals surface area contributed by atoms with Gasteiger partial charge in [-0.3, -0.25) is 9.69 Å². The molecular formula is C26H33NO6. The summed E-state index contributed by atoms with van der Waals surface area (Å²) >= 11 is 0. The number of esters is 1. The zero-order valence-electron chi connectivity index (χ0n) is 19.6. The van der Waals surface area contributed by atoms with Crippen molar-refractivity contribution in [3.63, 3.8) is 0 Å². The molecule has 7 nitrogen and oxygen atoms in total. The van der Waals surface area contributed by atoms with Crippen LogP contribution in [0.15, 0.2) is 42.0 Å². The highest BCUT2D eigenvalue weighted by Gasteiger charge is 2.64. The van der Waals surface area contributed by atoms with Crippen LogP contribution < -0.4 is 0 Å². The van der Waals surface area contributed by atoms with Crippen LogP contribution in [-0.4, -0.2) is 53.6 Å². The summed E-state index contributed by atoms with van der Waals surface area (Å²) in [5.41, 5.74) is 1.20. The Morgan fingerprint density at radius 1 is 1.24 bits per heavy atom. The van der Waals surface area contributed by atoms with Crippen LogP contribution in [0.4, 0.5) is 4.79 Å².